The molecule has 0 aliphatic rings. The second kappa shape index (κ2) is 3.40. The van der Waals surface area contributed by atoms with Gasteiger partial charge >= 0.3 is 24.5 Å². The molecule has 0 rings (SSSR count). The molecule has 0 aromatic carbocycles. The molecule has 1 radical (unpaired) electrons. The first-order valence-corrected chi connectivity index (χ1v) is 2.81. The molecular formula is C4F9O2. The predicted molar refractivity (Wildman–Crippen MR) is 22.7 cm³/mol. The average Bonchev–Trinajstić information content (AvgIpc) is 1.77. The molecule has 0 amide bonds. The van der Waals surface area contributed by atoms with Gasteiger partial charge in [0.15, 0.2) is 0 Å². The molecule has 15 heavy (non-hydrogen) atoms. The molecule has 2 nitrogen and oxygen atoms in total. The molecule has 0 saturated carbocycles. The summed E-state index contributed by atoms with van der Waals surface area (Å²) in [5.41, 5.74) is 0. The Kier molecular flexibility index (Phi) is 3.24. The Labute approximate surface area is 75.2 Å². The van der Waals surface area contributed by atoms with E-state index in [-0.39, 0.29) is 0 Å². The SMILES string of the molecule is [O]C(F)(F)C(F)(F)OC(F)(F)C(F)(F)F. The van der Waals surface area contributed by atoms with E-state index in [1.54, 1.807) is 0 Å². The summed E-state index contributed by atoms with van der Waals surface area (Å²) in [5.74, 6) is 0. The second-order valence-electron chi connectivity index (χ2n) is 2.15. The summed E-state index contributed by atoms with van der Waals surface area (Å²) < 4.78 is 104. The minimum Gasteiger partial charge on any atom is -0.241 e. The van der Waals surface area contributed by atoms with Crippen molar-refractivity contribution < 1.29 is 49.4 Å². The fourth-order valence-electron chi connectivity index (χ4n) is 0.278. The normalized spacial score (nSPS) is 15.6. The van der Waals surface area contributed by atoms with Crippen molar-refractivity contribution in [1.82, 2.24) is 0 Å². The van der Waals surface area contributed by atoms with E-state index in [1.807, 2.05) is 0 Å². The third-order valence-corrected chi connectivity index (χ3v) is 0.925. The van der Waals surface area contributed by atoms with E-state index in [4.69, 9.17) is 0 Å². The zero-order valence-corrected chi connectivity index (χ0v) is 6.22. The second-order valence-corrected chi connectivity index (χ2v) is 2.15. The molecule has 0 aliphatic heterocycles. The van der Waals surface area contributed by atoms with Crippen LogP contribution >= 0.6 is 0 Å². The van der Waals surface area contributed by atoms with E-state index in [9.17, 15) is 44.6 Å². The van der Waals surface area contributed by atoms with Gasteiger partial charge in [0.1, 0.15) is 0 Å². The number of hydrogen-bond donors (Lipinski definition) is 0. The third-order valence-electron chi connectivity index (χ3n) is 0.925. The van der Waals surface area contributed by atoms with Gasteiger partial charge in [0, 0.05) is 0 Å². The van der Waals surface area contributed by atoms with E-state index < -0.39 is 24.5 Å². The van der Waals surface area contributed by atoms with Crippen LogP contribution in [0.5, 0.6) is 0 Å². The van der Waals surface area contributed by atoms with Crippen molar-refractivity contribution >= 4 is 0 Å². The highest BCUT2D eigenvalue weighted by Gasteiger charge is 2.70. The van der Waals surface area contributed by atoms with Crippen LogP contribution in [-0.4, -0.2) is 24.5 Å². The Morgan fingerprint density at radius 3 is 1.20 bits per heavy atom. The average molecular weight is 251 g/mol. The highest BCUT2D eigenvalue weighted by molar-refractivity contribution is 4.71. The number of ether oxygens (including phenoxy) is 1. The molecule has 0 heterocycles. The van der Waals surface area contributed by atoms with Gasteiger partial charge in [-0.05, 0) is 0 Å². The highest BCUT2D eigenvalue weighted by Crippen LogP contribution is 2.44. The van der Waals surface area contributed by atoms with Crippen molar-refractivity contribution in [2.24, 2.45) is 0 Å². The highest BCUT2D eigenvalue weighted by atomic mass is 19.4. The zero-order valence-electron chi connectivity index (χ0n) is 6.22. The van der Waals surface area contributed by atoms with Crippen LogP contribution in [0.25, 0.3) is 0 Å². The maximum Gasteiger partial charge on any atom is 0.483 e. The van der Waals surface area contributed by atoms with Gasteiger partial charge in [-0.25, -0.2) is 4.74 Å². The molecule has 91 valence electrons. The van der Waals surface area contributed by atoms with Gasteiger partial charge in [0.25, 0.3) is 0 Å². The minimum atomic E-state index is -6.64. The first kappa shape index (κ1) is 14.3. The number of halogens is 9. The summed E-state index contributed by atoms with van der Waals surface area (Å²) in [7, 11) is 0. The van der Waals surface area contributed by atoms with Crippen LogP contribution in [0.15, 0.2) is 0 Å². The molecule has 0 unspecified atom stereocenters. The predicted octanol–water partition coefficient (Wildman–Crippen LogP) is 2.77. The van der Waals surface area contributed by atoms with Crippen molar-refractivity contribution in [3.63, 3.8) is 0 Å². The van der Waals surface area contributed by atoms with Crippen molar-refractivity contribution in [1.29, 1.82) is 0 Å². The maximum atomic E-state index is 11.7. The summed E-state index contributed by atoms with van der Waals surface area (Å²) in [6, 6.07) is 0. The lowest BCUT2D eigenvalue weighted by Gasteiger charge is -2.26. The fraction of sp³-hybridized carbons (Fsp3) is 1.00. The number of alkyl halides is 9. The molecule has 0 aromatic rings. The van der Waals surface area contributed by atoms with Crippen LogP contribution in [0, 0.1) is 0 Å². The lowest BCUT2D eigenvalue weighted by Crippen LogP contribution is -2.51. The first-order chi connectivity index (χ1) is 6.21. The van der Waals surface area contributed by atoms with Gasteiger partial charge in [-0.15, -0.1) is 5.11 Å². The van der Waals surface area contributed by atoms with Gasteiger partial charge < -0.3 is 0 Å². The lowest BCUT2D eigenvalue weighted by molar-refractivity contribution is -0.519. The minimum absolute atomic E-state index is 1.50. The van der Waals surface area contributed by atoms with Gasteiger partial charge in [-0.2, -0.15) is 39.5 Å². The molecule has 0 aromatic heterocycles. The zero-order chi connectivity index (χ0) is 12.7. The van der Waals surface area contributed by atoms with Crippen LogP contribution in [0.3, 0.4) is 0 Å². The molecule has 0 aliphatic carbocycles. The fourth-order valence-corrected chi connectivity index (χ4v) is 0.278. The van der Waals surface area contributed by atoms with Crippen LogP contribution in [0.1, 0.15) is 0 Å². The molecule has 0 bridgehead atoms. The van der Waals surface area contributed by atoms with Gasteiger partial charge in [-0.1, -0.05) is 0 Å². The first-order valence-electron chi connectivity index (χ1n) is 2.81. The van der Waals surface area contributed by atoms with E-state index in [1.165, 1.54) is 4.74 Å². The van der Waals surface area contributed by atoms with E-state index in [0.717, 1.165) is 0 Å². The Morgan fingerprint density at radius 1 is 0.667 bits per heavy atom. The summed E-state index contributed by atoms with van der Waals surface area (Å²) >= 11 is 0. The Balaban J connectivity index is 4.89. The number of hydrogen-bond acceptors (Lipinski definition) is 1. The van der Waals surface area contributed by atoms with Gasteiger partial charge in [0.2, 0.25) is 0 Å². The third kappa shape index (κ3) is 3.12. The van der Waals surface area contributed by atoms with Crippen molar-refractivity contribution in [2.75, 3.05) is 0 Å². The summed E-state index contributed by atoms with van der Waals surface area (Å²) in [5, 5.41) is 9.22. The largest absolute Gasteiger partial charge is 0.483 e. The van der Waals surface area contributed by atoms with Crippen molar-refractivity contribution in [3.8, 4) is 0 Å². The topological polar surface area (TPSA) is 29.1 Å². The van der Waals surface area contributed by atoms with E-state index in [0.29, 0.717) is 0 Å². The molecule has 0 atom stereocenters. The van der Waals surface area contributed by atoms with Crippen LogP contribution < -0.4 is 0 Å². The molecule has 0 spiro atoms. The molecule has 0 saturated heterocycles. The summed E-state index contributed by atoms with van der Waals surface area (Å²) in [6.07, 6.45) is -26.1. The van der Waals surface area contributed by atoms with Crippen molar-refractivity contribution in [2.45, 2.75) is 24.5 Å². The Hall–Kier alpha value is -0.710. The lowest BCUT2D eigenvalue weighted by atomic mass is 10.5. The quantitative estimate of drug-likeness (QED) is 0.709. The molecule has 0 N–H and O–H groups in total. The van der Waals surface area contributed by atoms with Gasteiger partial charge in [-0.3, -0.25) is 0 Å². The smallest absolute Gasteiger partial charge is 0.241 e. The van der Waals surface area contributed by atoms with Crippen LogP contribution in [0.2, 0.25) is 0 Å². The standard InChI is InChI=1S/C4F9O2/c5-1(6,7)3(10,11)15-4(12,13)2(8,9)14. The van der Waals surface area contributed by atoms with Crippen LogP contribution in [0.4, 0.5) is 39.5 Å². The molecular weight excluding hydrogens is 251 g/mol. The Morgan fingerprint density at radius 2 is 1.00 bits per heavy atom. The monoisotopic (exact) mass is 251 g/mol. The maximum absolute atomic E-state index is 11.7. The molecule has 11 heteroatoms. The van der Waals surface area contributed by atoms with Crippen molar-refractivity contribution in [3.05, 3.63) is 0 Å². The summed E-state index contributed by atoms with van der Waals surface area (Å²) in [6.45, 7) is 0. The molecule has 0 fully saturated rings. The summed E-state index contributed by atoms with van der Waals surface area (Å²) in [4.78, 5) is 0. The van der Waals surface area contributed by atoms with E-state index in [2.05, 4.69) is 0 Å². The van der Waals surface area contributed by atoms with Crippen LogP contribution in [-0.2, 0) is 9.84 Å². The Bertz CT molecular complexity index is 201. The van der Waals surface area contributed by atoms with Gasteiger partial charge in [0.05, 0.1) is 0 Å². The number of rotatable bonds is 3. The van der Waals surface area contributed by atoms with E-state index >= 15 is 0 Å².